The zero-order valence-corrected chi connectivity index (χ0v) is 19.9. The maximum atomic E-state index is 12.4. The van der Waals surface area contributed by atoms with Gasteiger partial charge in [-0.15, -0.1) is 11.3 Å². The van der Waals surface area contributed by atoms with Gasteiger partial charge in [-0.25, -0.2) is 4.79 Å². The van der Waals surface area contributed by atoms with Gasteiger partial charge >= 0.3 is 11.7 Å². The fourth-order valence-electron chi connectivity index (χ4n) is 2.88. The zero-order valence-electron chi connectivity index (χ0n) is 18.2. The molecule has 3 N–H and O–H groups in total. The molecule has 12 heteroatoms. The van der Waals surface area contributed by atoms with E-state index in [9.17, 15) is 19.7 Å². The van der Waals surface area contributed by atoms with Gasteiger partial charge in [-0.1, -0.05) is 13.0 Å². The van der Waals surface area contributed by atoms with Crippen molar-refractivity contribution in [1.29, 1.82) is 0 Å². The van der Waals surface area contributed by atoms with Crippen molar-refractivity contribution in [2.75, 3.05) is 12.4 Å². The van der Waals surface area contributed by atoms with Gasteiger partial charge in [0.1, 0.15) is 5.00 Å². The van der Waals surface area contributed by atoms with E-state index in [2.05, 4.69) is 16.2 Å². The number of anilines is 1. The number of benzene rings is 1. The van der Waals surface area contributed by atoms with E-state index in [0.29, 0.717) is 22.5 Å². The molecular formula is C20H24N4O6S2. The first-order chi connectivity index (χ1) is 15.1. The van der Waals surface area contributed by atoms with E-state index >= 15 is 0 Å². The van der Waals surface area contributed by atoms with E-state index < -0.39 is 22.9 Å². The van der Waals surface area contributed by atoms with Gasteiger partial charge in [-0.2, -0.15) is 0 Å². The molecule has 10 nitrogen and oxygen atoms in total. The third-order valence-electron chi connectivity index (χ3n) is 4.46. The number of hydrazine groups is 1. The van der Waals surface area contributed by atoms with Crippen molar-refractivity contribution >= 4 is 51.2 Å². The molecule has 2 rings (SSSR count). The molecule has 0 aliphatic carbocycles. The molecule has 1 heterocycles. The van der Waals surface area contributed by atoms with Crippen LogP contribution in [0, 0.1) is 24.0 Å². The monoisotopic (exact) mass is 480 g/mol. The molecule has 1 amide bonds. The number of carbonyl (C=O) groups is 2. The smallest absolute Gasteiger partial charge is 0.341 e. The fourth-order valence-corrected chi connectivity index (χ4v) is 4.23. The van der Waals surface area contributed by atoms with Crippen LogP contribution in [0.5, 0.6) is 5.75 Å². The summed E-state index contributed by atoms with van der Waals surface area (Å²) < 4.78 is 10.3. The third kappa shape index (κ3) is 5.92. The van der Waals surface area contributed by atoms with Crippen molar-refractivity contribution in [3.8, 4) is 5.75 Å². The zero-order chi connectivity index (χ0) is 24.0. The van der Waals surface area contributed by atoms with Gasteiger partial charge in [0.25, 0.3) is 5.91 Å². The van der Waals surface area contributed by atoms with Gasteiger partial charge in [0.05, 0.1) is 17.6 Å². The number of ether oxygens (including phenoxy) is 2. The molecule has 0 fully saturated rings. The van der Waals surface area contributed by atoms with Crippen LogP contribution in [0.4, 0.5) is 10.7 Å². The molecule has 1 aromatic heterocycles. The molecular weight excluding hydrogens is 456 g/mol. The Labute approximate surface area is 194 Å². The Kier molecular flexibility index (Phi) is 8.49. The van der Waals surface area contributed by atoms with Crippen LogP contribution in [0.1, 0.15) is 40.2 Å². The van der Waals surface area contributed by atoms with Gasteiger partial charge in [0, 0.05) is 10.9 Å². The van der Waals surface area contributed by atoms with Crippen LogP contribution in [0.25, 0.3) is 0 Å². The number of nitro benzene ring substituents is 1. The quantitative estimate of drug-likeness (QED) is 0.236. The largest absolute Gasteiger partial charge is 0.474 e. The number of rotatable bonds is 7. The average Bonchev–Trinajstić information content (AvgIpc) is 3.06. The number of methoxy groups -OCH3 is 1. The second kappa shape index (κ2) is 10.9. The standard InChI is InChI=1S/C20H24N4O6S2/c1-6-13-12(4)32-18(16(13)19(26)29-5)21-20(31)23-22-17(25)11(3)30-15-8-7-10(2)9-14(15)24(27)28/h7-9,11H,6H2,1-5H3,(H,22,25)(H2,21,23,31)/t11-/m1/s1. The molecule has 0 spiro atoms. The van der Waals surface area contributed by atoms with Crippen molar-refractivity contribution < 1.29 is 24.0 Å². The second-order valence-electron chi connectivity index (χ2n) is 6.74. The number of nitrogens with one attached hydrogen (secondary N) is 3. The van der Waals surface area contributed by atoms with E-state index in [0.717, 1.165) is 10.4 Å². The van der Waals surface area contributed by atoms with Crippen LogP contribution in [-0.2, 0) is 16.0 Å². The lowest BCUT2D eigenvalue weighted by molar-refractivity contribution is -0.386. The van der Waals surface area contributed by atoms with Gasteiger partial charge in [-0.05, 0) is 56.6 Å². The Morgan fingerprint density at radius 3 is 2.56 bits per heavy atom. The molecule has 2 aromatic rings. The van der Waals surface area contributed by atoms with Gasteiger partial charge < -0.3 is 14.8 Å². The van der Waals surface area contributed by atoms with Crippen molar-refractivity contribution in [2.24, 2.45) is 0 Å². The minimum Gasteiger partial charge on any atom is -0.474 e. The molecule has 172 valence electrons. The van der Waals surface area contributed by atoms with Crippen LogP contribution in [0.3, 0.4) is 0 Å². The summed E-state index contributed by atoms with van der Waals surface area (Å²) in [6, 6.07) is 4.45. The Bertz CT molecular complexity index is 1050. The predicted molar refractivity (Wildman–Crippen MR) is 125 cm³/mol. The number of nitro groups is 1. The summed E-state index contributed by atoms with van der Waals surface area (Å²) in [5.74, 6) is -1.11. The summed E-state index contributed by atoms with van der Waals surface area (Å²) in [6.45, 7) is 6.99. The Morgan fingerprint density at radius 1 is 1.28 bits per heavy atom. The molecule has 0 unspecified atom stereocenters. The first-order valence-electron chi connectivity index (χ1n) is 9.58. The van der Waals surface area contributed by atoms with Crippen molar-refractivity contribution in [1.82, 2.24) is 10.9 Å². The van der Waals surface area contributed by atoms with E-state index in [1.54, 1.807) is 13.0 Å². The summed E-state index contributed by atoms with van der Waals surface area (Å²) >= 11 is 6.54. The van der Waals surface area contributed by atoms with E-state index in [1.165, 1.54) is 37.5 Å². The molecule has 1 atom stereocenters. The highest BCUT2D eigenvalue weighted by Gasteiger charge is 2.24. The predicted octanol–water partition coefficient (Wildman–Crippen LogP) is 3.41. The Morgan fingerprint density at radius 2 is 1.97 bits per heavy atom. The second-order valence-corrected chi connectivity index (χ2v) is 8.38. The van der Waals surface area contributed by atoms with E-state index in [-0.39, 0.29) is 16.5 Å². The molecule has 1 aromatic carbocycles. The van der Waals surface area contributed by atoms with E-state index in [1.807, 2.05) is 13.8 Å². The molecule has 0 saturated heterocycles. The van der Waals surface area contributed by atoms with Gasteiger partial charge in [-0.3, -0.25) is 25.8 Å². The molecule has 0 radical (unpaired) electrons. The number of aryl methyl sites for hydroxylation is 2. The number of carbonyl (C=O) groups excluding carboxylic acids is 2. The lowest BCUT2D eigenvalue weighted by atomic mass is 10.1. The number of amides is 1. The highest BCUT2D eigenvalue weighted by molar-refractivity contribution is 7.80. The number of thiocarbonyl (C=S) groups is 1. The van der Waals surface area contributed by atoms with Gasteiger partial charge in [0.15, 0.2) is 17.0 Å². The molecule has 0 aliphatic rings. The third-order valence-corrected chi connectivity index (χ3v) is 5.73. The first kappa shape index (κ1) is 25.0. The number of hydrogen-bond donors (Lipinski definition) is 3. The minimum atomic E-state index is -1.05. The number of esters is 1. The van der Waals surface area contributed by atoms with Crippen LogP contribution in [0.2, 0.25) is 0 Å². The topological polar surface area (TPSA) is 132 Å². The van der Waals surface area contributed by atoms with E-state index in [4.69, 9.17) is 21.7 Å². The van der Waals surface area contributed by atoms with Crippen molar-refractivity contribution in [3.63, 3.8) is 0 Å². The van der Waals surface area contributed by atoms with Crippen LogP contribution >= 0.6 is 23.6 Å². The molecule has 0 saturated carbocycles. The number of hydrogen-bond acceptors (Lipinski definition) is 8. The first-order valence-corrected chi connectivity index (χ1v) is 10.8. The SMILES string of the molecule is CCc1c(C)sc(NC(=S)NNC(=O)[C@@H](C)Oc2ccc(C)cc2[N+](=O)[O-])c1C(=O)OC. The average molecular weight is 481 g/mol. The van der Waals surface area contributed by atoms with Crippen LogP contribution < -0.4 is 20.9 Å². The lowest BCUT2D eigenvalue weighted by Crippen LogP contribution is -2.48. The maximum Gasteiger partial charge on any atom is 0.341 e. The molecule has 32 heavy (non-hydrogen) atoms. The van der Waals surface area contributed by atoms with Crippen LogP contribution in [0.15, 0.2) is 18.2 Å². The summed E-state index contributed by atoms with van der Waals surface area (Å²) in [5.41, 5.74) is 6.64. The molecule has 0 bridgehead atoms. The summed E-state index contributed by atoms with van der Waals surface area (Å²) in [7, 11) is 1.30. The maximum absolute atomic E-state index is 12.4. The van der Waals surface area contributed by atoms with Crippen molar-refractivity contribution in [3.05, 3.63) is 49.9 Å². The molecule has 0 aliphatic heterocycles. The lowest BCUT2D eigenvalue weighted by Gasteiger charge is -2.16. The summed E-state index contributed by atoms with van der Waals surface area (Å²) in [6.07, 6.45) is -0.404. The number of nitrogens with zero attached hydrogens (tertiary/aromatic N) is 1. The summed E-state index contributed by atoms with van der Waals surface area (Å²) in [5, 5.41) is 14.6. The van der Waals surface area contributed by atoms with Crippen molar-refractivity contribution in [2.45, 2.75) is 40.2 Å². The highest BCUT2D eigenvalue weighted by atomic mass is 32.1. The normalized spacial score (nSPS) is 11.3. The fraction of sp³-hybridized carbons (Fsp3) is 0.350. The number of thiophene rings is 1. The minimum absolute atomic E-state index is 0.0205. The Balaban J connectivity index is 2.01. The summed E-state index contributed by atoms with van der Waals surface area (Å²) in [4.78, 5) is 36.1. The van der Waals surface area contributed by atoms with Gasteiger partial charge in [0.2, 0.25) is 0 Å². The van der Waals surface area contributed by atoms with Crippen LogP contribution in [-0.4, -0.2) is 35.1 Å². The Hall–Kier alpha value is -3.25. The highest BCUT2D eigenvalue weighted by Crippen LogP contribution is 2.34.